The lowest BCUT2D eigenvalue weighted by molar-refractivity contribution is -0.384. The maximum Gasteiger partial charge on any atom is 0.269 e. The summed E-state index contributed by atoms with van der Waals surface area (Å²) >= 11 is 0. The standard InChI is InChI=1S/C18H13N7O2/c19-17-16-11-22-24(14-4-2-1-3-5-14)18(16)20-12-23(17)21-10-13-6-8-15(9-7-13)25(26)27/h1-12,19H. The van der Waals surface area contributed by atoms with Gasteiger partial charge < -0.3 is 0 Å². The van der Waals surface area contributed by atoms with Crippen LogP contribution in [-0.2, 0) is 0 Å². The second-order valence-corrected chi connectivity index (χ2v) is 5.66. The second-order valence-electron chi connectivity index (χ2n) is 5.66. The number of nitro benzene ring substituents is 1. The largest absolute Gasteiger partial charge is 0.282 e. The molecule has 132 valence electrons. The van der Waals surface area contributed by atoms with Gasteiger partial charge in [-0.15, -0.1) is 0 Å². The van der Waals surface area contributed by atoms with Crippen molar-refractivity contribution in [1.29, 1.82) is 5.41 Å². The van der Waals surface area contributed by atoms with Crippen molar-refractivity contribution >= 4 is 22.9 Å². The van der Waals surface area contributed by atoms with Crippen LogP contribution in [0.4, 0.5) is 5.69 Å². The Balaban J connectivity index is 1.68. The summed E-state index contributed by atoms with van der Waals surface area (Å²) in [6.45, 7) is 0. The molecule has 27 heavy (non-hydrogen) atoms. The van der Waals surface area contributed by atoms with Crippen LogP contribution in [0.1, 0.15) is 5.56 Å². The molecule has 2 aromatic carbocycles. The van der Waals surface area contributed by atoms with Crippen LogP contribution < -0.4 is 5.49 Å². The second kappa shape index (κ2) is 6.64. The van der Waals surface area contributed by atoms with Crippen LogP contribution in [0.2, 0.25) is 0 Å². The van der Waals surface area contributed by atoms with Gasteiger partial charge in [0.1, 0.15) is 6.33 Å². The Bertz CT molecular complexity index is 1210. The van der Waals surface area contributed by atoms with Gasteiger partial charge in [-0.3, -0.25) is 15.5 Å². The molecule has 0 aliphatic carbocycles. The summed E-state index contributed by atoms with van der Waals surface area (Å²) in [7, 11) is 0. The van der Waals surface area contributed by atoms with E-state index in [0.717, 1.165) is 5.69 Å². The number of nitrogens with zero attached hydrogens (tertiary/aromatic N) is 6. The van der Waals surface area contributed by atoms with Gasteiger partial charge in [-0.2, -0.15) is 10.2 Å². The number of hydrogen-bond acceptors (Lipinski definition) is 6. The molecule has 2 aromatic heterocycles. The smallest absolute Gasteiger partial charge is 0.269 e. The van der Waals surface area contributed by atoms with Gasteiger partial charge in [0.25, 0.3) is 5.69 Å². The highest BCUT2D eigenvalue weighted by atomic mass is 16.6. The zero-order valence-corrected chi connectivity index (χ0v) is 13.9. The van der Waals surface area contributed by atoms with Gasteiger partial charge >= 0.3 is 0 Å². The van der Waals surface area contributed by atoms with E-state index in [4.69, 9.17) is 5.41 Å². The molecule has 0 bridgehead atoms. The lowest BCUT2D eigenvalue weighted by atomic mass is 10.2. The fourth-order valence-corrected chi connectivity index (χ4v) is 2.58. The Morgan fingerprint density at radius 1 is 1.11 bits per heavy atom. The van der Waals surface area contributed by atoms with Crippen molar-refractivity contribution in [2.45, 2.75) is 0 Å². The van der Waals surface area contributed by atoms with Crippen molar-refractivity contribution in [3.05, 3.63) is 88.3 Å². The van der Waals surface area contributed by atoms with Crippen LogP contribution in [0.25, 0.3) is 16.7 Å². The highest BCUT2D eigenvalue weighted by Crippen LogP contribution is 2.13. The van der Waals surface area contributed by atoms with Crippen molar-refractivity contribution < 1.29 is 4.92 Å². The maximum absolute atomic E-state index is 10.7. The Kier molecular flexibility index (Phi) is 4.01. The molecular formula is C18H13N7O2. The molecule has 0 aliphatic rings. The molecule has 0 saturated carbocycles. The quantitative estimate of drug-likeness (QED) is 0.342. The molecule has 9 heteroatoms. The number of non-ortho nitro benzene ring substituents is 1. The molecule has 0 spiro atoms. The number of nitrogens with one attached hydrogen (secondary N) is 1. The van der Waals surface area contributed by atoms with E-state index in [1.807, 2.05) is 30.3 Å². The average molecular weight is 359 g/mol. The van der Waals surface area contributed by atoms with Crippen LogP contribution in [0.15, 0.2) is 72.2 Å². The number of rotatable bonds is 4. The minimum absolute atomic E-state index is 0.0115. The lowest BCUT2D eigenvalue weighted by Crippen LogP contribution is -2.17. The van der Waals surface area contributed by atoms with E-state index in [2.05, 4.69) is 15.2 Å². The molecule has 0 fully saturated rings. The Morgan fingerprint density at radius 3 is 2.56 bits per heavy atom. The van der Waals surface area contributed by atoms with Gasteiger partial charge in [0.15, 0.2) is 11.1 Å². The Hall–Kier alpha value is -4.14. The van der Waals surface area contributed by atoms with E-state index in [-0.39, 0.29) is 11.2 Å². The van der Waals surface area contributed by atoms with E-state index in [0.29, 0.717) is 16.6 Å². The fraction of sp³-hybridized carbons (Fsp3) is 0. The molecule has 0 saturated heterocycles. The summed E-state index contributed by atoms with van der Waals surface area (Å²) in [6.07, 6.45) is 4.53. The normalized spacial score (nSPS) is 11.3. The van der Waals surface area contributed by atoms with Crippen molar-refractivity contribution in [2.24, 2.45) is 5.10 Å². The number of aromatic nitrogens is 4. The molecule has 1 N–H and O–H groups in total. The Labute approximate surface area is 152 Å². The first-order chi connectivity index (χ1) is 13.1. The number of nitro groups is 1. The first-order valence-electron chi connectivity index (χ1n) is 7.98. The number of para-hydroxylation sites is 1. The SMILES string of the molecule is N=c1c2cnn(-c3ccccc3)c2ncn1N=Cc1ccc([N+](=O)[O-])cc1. The molecule has 9 nitrogen and oxygen atoms in total. The molecule has 0 unspecified atom stereocenters. The van der Waals surface area contributed by atoms with Gasteiger partial charge in [0.05, 0.1) is 28.4 Å². The van der Waals surface area contributed by atoms with Crippen LogP contribution in [-0.4, -0.2) is 30.6 Å². The molecule has 4 aromatic rings. The highest BCUT2D eigenvalue weighted by molar-refractivity contribution is 5.80. The van der Waals surface area contributed by atoms with Crippen LogP contribution in [0, 0.1) is 15.5 Å². The lowest BCUT2D eigenvalue weighted by Gasteiger charge is -2.03. The zero-order valence-electron chi connectivity index (χ0n) is 13.9. The third-order valence-electron chi connectivity index (χ3n) is 3.95. The first kappa shape index (κ1) is 16.3. The minimum atomic E-state index is -0.459. The summed E-state index contributed by atoms with van der Waals surface area (Å²) in [5, 5.41) is 28.1. The molecular weight excluding hydrogens is 346 g/mol. The minimum Gasteiger partial charge on any atom is -0.282 e. The van der Waals surface area contributed by atoms with Crippen LogP contribution in [0.3, 0.4) is 0 Å². The predicted molar refractivity (Wildman–Crippen MR) is 98.8 cm³/mol. The van der Waals surface area contributed by atoms with Crippen LogP contribution >= 0.6 is 0 Å². The molecule has 4 rings (SSSR count). The third kappa shape index (κ3) is 3.09. The van der Waals surface area contributed by atoms with E-state index >= 15 is 0 Å². The maximum atomic E-state index is 10.7. The monoisotopic (exact) mass is 359 g/mol. The number of hydrogen-bond donors (Lipinski definition) is 1. The molecule has 0 radical (unpaired) electrons. The van der Waals surface area contributed by atoms with E-state index in [9.17, 15) is 10.1 Å². The first-order valence-corrected chi connectivity index (χ1v) is 7.98. The summed E-state index contributed by atoms with van der Waals surface area (Å²) in [5.74, 6) is 0. The predicted octanol–water partition coefficient (Wildman–Crippen LogP) is 2.49. The van der Waals surface area contributed by atoms with Gasteiger partial charge in [0, 0.05) is 12.1 Å². The topological polar surface area (TPSA) is 115 Å². The van der Waals surface area contributed by atoms with Crippen molar-refractivity contribution in [3.8, 4) is 5.69 Å². The Morgan fingerprint density at radius 2 is 1.85 bits per heavy atom. The molecule has 0 amide bonds. The van der Waals surface area contributed by atoms with Gasteiger partial charge in [-0.1, -0.05) is 18.2 Å². The van der Waals surface area contributed by atoms with E-state index < -0.39 is 4.92 Å². The summed E-state index contributed by atoms with van der Waals surface area (Å²) in [6, 6.07) is 15.5. The summed E-state index contributed by atoms with van der Waals surface area (Å²) in [4.78, 5) is 14.6. The molecule has 2 heterocycles. The number of benzene rings is 2. The number of fused-ring (bicyclic) bond motifs is 1. The van der Waals surface area contributed by atoms with Crippen molar-refractivity contribution in [1.82, 2.24) is 19.4 Å². The summed E-state index contributed by atoms with van der Waals surface area (Å²) < 4.78 is 2.98. The fourth-order valence-electron chi connectivity index (χ4n) is 2.58. The molecule has 0 atom stereocenters. The highest BCUT2D eigenvalue weighted by Gasteiger charge is 2.09. The van der Waals surface area contributed by atoms with Gasteiger partial charge in [0.2, 0.25) is 0 Å². The average Bonchev–Trinajstić information content (AvgIpc) is 3.13. The zero-order chi connectivity index (χ0) is 18.8. The third-order valence-corrected chi connectivity index (χ3v) is 3.95. The van der Waals surface area contributed by atoms with Crippen molar-refractivity contribution in [2.75, 3.05) is 0 Å². The van der Waals surface area contributed by atoms with Crippen molar-refractivity contribution in [3.63, 3.8) is 0 Å². The van der Waals surface area contributed by atoms with Crippen LogP contribution in [0.5, 0.6) is 0 Å². The molecule has 0 aliphatic heterocycles. The van der Waals surface area contributed by atoms with E-state index in [1.54, 1.807) is 23.0 Å². The van der Waals surface area contributed by atoms with E-state index in [1.165, 1.54) is 29.4 Å². The van der Waals surface area contributed by atoms with Gasteiger partial charge in [-0.25, -0.2) is 14.3 Å². The summed E-state index contributed by atoms with van der Waals surface area (Å²) in [5.41, 5.74) is 2.24. The van der Waals surface area contributed by atoms with Gasteiger partial charge in [-0.05, 0) is 29.8 Å².